The normalized spacial score (nSPS) is 32.6. The lowest BCUT2D eigenvalue weighted by Crippen LogP contribution is -2.78. The third-order valence-corrected chi connectivity index (χ3v) is 10.2. The molecule has 2 aromatic carbocycles. The fraction of sp³-hybridized carbons (Fsp3) is 0.516. The van der Waals surface area contributed by atoms with E-state index >= 15 is 0 Å². The summed E-state index contributed by atoms with van der Waals surface area (Å²) in [7, 11) is 1.71. The first kappa shape index (κ1) is 25.9. The van der Waals surface area contributed by atoms with E-state index in [-0.39, 0.29) is 23.7 Å². The number of phenols is 1. The molecule has 40 heavy (non-hydrogen) atoms. The average Bonchev–Trinajstić information content (AvgIpc) is 3.67. The van der Waals surface area contributed by atoms with Gasteiger partial charge in [-0.3, -0.25) is 9.69 Å². The van der Waals surface area contributed by atoms with Gasteiger partial charge in [0.25, 0.3) is 0 Å². The van der Waals surface area contributed by atoms with Gasteiger partial charge in [0, 0.05) is 31.3 Å². The van der Waals surface area contributed by atoms with E-state index in [2.05, 4.69) is 4.90 Å². The van der Waals surface area contributed by atoms with Crippen molar-refractivity contribution < 1.29 is 32.9 Å². The molecule has 1 saturated heterocycles. The van der Waals surface area contributed by atoms with Crippen LogP contribution in [0.2, 0.25) is 0 Å². The number of hydrogen-bond acceptors (Lipinski definition) is 5. The quantitative estimate of drug-likeness (QED) is 0.532. The van der Waals surface area contributed by atoms with Crippen LogP contribution in [0.4, 0.5) is 13.2 Å². The number of benzene rings is 2. The van der Waals surface area contributed by atoms with Gasteiger partial charge in [0.15, 0.2) is 11.5 Å². The molecule has 3 aliphatic carbocycles. The van der Waals surface area contributed by atoms with Crippen molar-refractivity contribution in [3.05, 3.63) is 64.7 Å². The van der Waals surface area contributed by atoms with Crippen LogP contribution < -0.4 is 4.74 Å². The zero-order valence-electron chi connectivity index (χ0n) is 22.3. The monoisotopic (exact) mass is 554 g/mol. The third kappa shape index (κ3) is 3.66. The lowest BCUT2D eigenvalue weighted by molar-refractivity contribution is -0.200. The summed E-state index contributed by atoms with van der Waals surface area (Å²) in [6.45, 7) is 1.82. The van der Waals surface area contributed by atoms with Gasteiger partial charge in [0.05, 0.1) is 22.6 Å². The number of halogens is 3. The number of carbonyl (C=O) groups is 1. The number of likely N-dealkylation sites (tertiary alicyclic amines) is 1. The standard InChI is InChI=1S/C31H33F3N2O4/c1-35(25(38)11-6-18-4-8-21(9-5-18)31(32,33)34)22-12-13-30(39)24-16-20-7-10-23(37)27-26(20)29(30,28(22)40-27)14-15-36(24)17-19-2-3-19/h4-11,19,22,24,28,37,39H,2-3,12-17H2,1H3/b11-6+. The van der Waals surface area contributed by atoms with Gasteiger partial charge in [-0.2, -0.15) is 13.2 Å². The molecule has 2 aromatic rings. The zero-order chi connectivity index (χ0) is 28.0. The van der Waals surface area contributed by atoms with Crippen molar-refractivity contribution in [2.45, 2.75) is 73.9 Å². The number of nitrogens with zero attached hydrogens (tertiary/aromatic N) is 2. The van der Waals surface area contributed by atoms with Crippen LogP contribution >= 0.6 is 0 Å². The van der Waals surface area contributed by atoms with Gasteiger partial charge in [-0.25, -0.2) is 0 Å². The maximum absolute atomic E-state index is 13.3. The lowest BCUT2D eigenvalue weighted by atomic mass is 9.48. The number of ether oxygens (including phenoxy) is 1. The number of aromatic hydroxyl groups is 1. The summed E-state index contributed by atoms with van der Waals surface area (Å²) < 4.78 is 45.2. The molecule has 212 valence electrons. The predicted molar refractivity (Wildman–Crippen MR) is 142 cm³/mol. The summed E-state index contributed by atoms with van der Waals surface area (Å²) >= 11 is 0. The highest BCUT2D eigenvalue weighted by Gasteiger charge is 2.73. The van der Waals surface area contributed by atoms with E-state index in [1.165, 1.54) is 37.1 Å². The Balaban J connectivity index is 1.19. The maximum atomic E-state index is 13.3. The Morgan fingerprint density at radius 2 is 1.90 bits per heavy atom. The molecule has 0 radical (unpaired) electrons. The Bertz CT molecular complexity index is 1390. The van der Waals surface area contributed by atoms with E-state index in [0.29, 0.717) is 42.9 Å². The van der Waals surface area contributed by atoms with Crippen LogP contribution in [0.15, 0.2) is 42.5 Å². The molecule has 1 amide bonds. The number of rotatable bonds is 5. The van der Waals surface area contributed by atoms with Crippen LogP contribution in [0.25, 0.3) is 6.08 Å². The van der Waals surface area contributed by atoms with Gasteiger partial charge in [0.2, 0.25) is 5.91 Å². The molecular weight excluding hydrogens is 521 g/mol. The van der Waals surface area contributed by atoms with Crippen LogP contribution in [-0.4, -0.2) is 69.8 Å². The summed E-state index contributed by atoms with van der Waals surface area (Å²) in [6.07, 6.45) is 2.86. The van der Waals surface area contributed by atoms with Gasteiger partial charge in [-0.1, -0.05) is 18.2 Å². The van der Waals surface area contributed by atoms with Crippen molar-refractivity contribution in [2.24, 2.45) is 5.92 Å². The van der Waals surface area contributed by atoms with Crippen molar-refractivity contribution in [1.82, 2.24) is 9.80 Å². The van der Waals surface area contributed by atoms with E-state index < -0.39 is 28.9 Å². The van der Waals surface area contributed by atoms with E-state index in [1.54, 1.807) is 18.0 Å². The summed E-state index contributed by atoms with van der Waals surface area (Å²) in [5.74, 6) is 0.887. The van der Waals surface area contributed by atoms with Gasteiger partial charge < -0.3 is 19.8 Å². The highest BCUT2D eigenvalue weighted by molar-refractivity contribution is 5.92. The van der Waals surface area contributed by atoms with Crippen molar-refractivity contribution in [1.29, 1.82) is 0 Å². The van der Waals surface area contributed by atoms with Crippen LogP contribution in [0.1, 0.15) is 54.4 Å². The molecule has 6 nitrogen and oxygen atoms in total. The number of phenolic OH excluding ortho intramolecular Hbond substituents is 1. The fourth-order valence-electron chi connectivity index (χ4n) is 8.08. The van der Waals surface area contributed by atoms with Gasteiger partial charge >= 0.3 is 6.18 Å². The van der Waals surface area contributed by atoms with E-state index in [0.717, 1.165) is 36.3 Å². The topological polar surface area (TPSA) is 73.2 Å². The minimum absolute atomic E-state index is 0.0440. The Kier molecular flexibility index (Phi) is 5.65. The molecular formula is C31H33F3N2O4. The smallest absolute Gasteiger partial charge is 0.416 e. The number of likely N-dealkylation sites (N-methyl/N-ethyl adjacent to an activating group) is 1. The Hall–Kier alpha value is -3.04. The van der Waals surface area contributed by atoms with Crippen molar-refractivity contribution >= 4 is 12.0 Å². The average molecular weight is 555 g/mol. The Morgan fingerprint density at radius 3 is 2.60 bits per heavy atom. The number of hydrogen-bond donors (Lipinski definition) is 2. The zero-order valence-corrected chi connectivity index (χ0v) is 22.3. The van der Waals surface area contributed by atoms with E-state index in [9.17, 15) is 28.2 Å². The third-order valence-electron chi connectivity index (χ3n) is 10.2. The van der Waals surface area contributed by atoms with Crippen LogP contribution in [0.5, 0.6) is 11.5 Å². The van der Waals surface area contributed by atoms with Crippen molar-refractivity contribution in [2.75, 3.05) is 20.1 Å². The molecule has 2 heterocycles. The molecule has 5 atom stereocenters. The predicted octanol–water partition coefficient (Wildman–Crippen LogP) is 4.52. The van der Waals surface area contributed by atoms with E-state index in [1.807, 2.05) is 6.07 Å². The largest absolute Gasteiger partial charge is 0.504 e. The fourth-order valence-corrected chi connectivity index (χ4v) is 8.08. The summed E-state index contributed by atoms with van der Waals surface area (Å²) in [6, 6.07) is 7.91. The first-order chi connectivity index (χ1) is 19.0. The lowest BCUT2D eigenvalue weighted by Gasteiger charge is -2.64. The van der Waals surface area contributed by atoms with Crippen LogP contribution in [0.3, 0.4) is 0 Å². The molecule has 2 N–H and O–H groups in total. The number of piperidine rings is 1. The molecule has 2 bridgehead atoms. The van der Waals surface area contributed by atoms with Crippen LogP contribution in [0, 0.1) is 5.92 Å². The van der Waals surface area contributed by atoms with Crippen molar-refractivity contribution in [3.63, 3.8) is 0 Å². The number of alkyl halides is 3. The van der Waals surface area contributed by atoms with Crippen LogP contribution in [-0.2, 0) is 22.8 Å². The molecule has 1 spiro atoms. The molecule has 5 unspecified atom stereocenters. The SMILES string of the molecule is CN(C(=O)/C=C/c1ccc(C(F)(F)F)cc1)C1CCC2(O)C3Cc4ccc(O)c5c4C2(CCN3CC2CC2)C1O5. The second-order valence-corrected chi connectivity index (χ2v) is 12.3. The Morgan fingerprint density at radius 1 is 1.15 bits per heavy atom. The molecule has 3 fully saturated rings. The molecule has 7 rings (SSSR count). The Labute approximate surface area is 231 Å². The first-order valence-corrected chi connectivity index (χ1v) is 14.1. The molecule has 2 saturated carbocycles. The van der Waals surface area contributed by atoms with E-state index in [4.69, 9.17) is 4.74 Å². The molecule has 0 aromatic heterocycles. The highest BCUT2D eigenvalue weighted by Crippen LogP contribution is 2.66. The second kappa shape index (κ2) is 8.73. The second-order valence-electron chi connectivity index (χ2n) is 12.3. The van der Waals surface area contributed by atoms with Gasteiger partial charge in [-0.05, 0) is 86.4 Å². The van der Waals surface area contributed by atoms with Crippen molar-refractivity contribution in [3.8, 4) is 11.5 Å². The number of aliphatic hydroxyl groups is 1. The number of carbonyl (C=O) groups excluding carboxylic acids is 1. The number of amides is 1. The summed E-state index contributed by atoms with van der Waals surface area (Å²) in [5, 5.41) is 23.4. The molecule has 5 aliphatic rings. The molecule has 2 aliphatic heterocycles. The minimum atomic E-state index is -4.42. The minimum Gasteiger partial charge on any atom is -0.504 e. The molecule has 9 heteroatoms. The summed E-state index contributed by atoms with van der Waals surface area (Å²) in [5.41, 5.74) is -0.00276. The maximum Gasteiger partial charge on any atom is 0.416 e. The van der Waals surface area contributed by atoms with Gasteiger partial charge in [0.1, 0.15) is 6.10 Å². The highest BCUT2D eigenvalue weighted by atomic mass is 19.4. The first-order valence-electron chi connectivity index (χ1n) is 14.1. The summed E-state index contributed by atoms with van der Waals surface area (Å²) in [4.78, 5) is 17.4. The van der Waals surface area contributed by atoms with Gasteiger partial charge in [-0.15, -0.1) is 0 Å².